The van der Waals surface area contributed by atoms with E-state index in [9.17, 15) is 14.0 Å². The predicted molar refractivity (Wildman–Crippen MR) is 129 cm³/mol. The van der Waals surface area contributed by atoms with Crippen LogP contribution in [0, 0.1) is 19.7 Å². The molecule has 3 aromatic carbocycles. The largest absolute Gasteiger partial charge is 0.355 e. The Bertz CT molecular complexity index is 1100. The second kappa shape index (κ2) is 11.4. The van der Waals surface area contributed by atoms with E-state index >= 15 is 0 Å². The average Bonchev–Trinajstić information content (AvgIpc) is 2.80. The fraction of sp³-hybridized carbons (Fsp3) is 0.286. The number of rotatable bonds is 9. The van der Waals surface area contributed by atoms with E-state index in [0.717, 1.165) is 22.3 Å². The van der Waals surface area contributed by atoms with E-state index < -0.39 is 11.9 Å². The maximum atomic E-state index is 14.5. The summed E-state index contributed by atoms with van der Waals surface area (Å²) in [5.74, 6) is -0.851. The standard InChI is InChI=1S/C28H31FN2O2/c1-4-30-28(33)26(17-22-10-6-5-7-11-22)31(19-24-12-8-9-13-25(24)29)27(32)18-23-15-14-20(2)21(3)16-23/h5-16,26H,4,17-19H2,1-3H3,(H,30,33)/t26-/m0/s1. The third kappa shape index (κ3) is 6.51. The summed E-state index contributed by atoms with van der Waals surface area (Å²) in [6.07, 6.45) is 0.486. The average molecular weight is 447 g/mol. The summed E-state index contributed by atoms with van der Waals surface area (Å²) < 4.78 is 14.5. The van der Waals surface area contributed by atoms with E-state index in [0.29, 0.717) is 18.5 Å². The first kappa shape index (κ1) is 24.2. The van der Waals surface area contributed by atoms with Crippen LogP contribution in [0.5, 0.6) is 0 Å². The molecule has 2 amide bonds. The van der Waals surface area contributed by atoms with Crippen molar-refractivity contribution >= 4 is 11.8 Å². The minimum Gasteiger partial charge on any atom is -0.355 e. The second-order valence-corrected chi connectivity index (χ2v) is 8.31. The Kier molecular flexibility index (Phi) is 8.36. The Balaban J connectivity index is 1.97. The molecule has 0 aromatic heterocycles. The number of aryl methyl sites for hydroxylation is 2. The number of likely N-dealkylation sites (N-methyl/N-ethyl adjacent to an activating group) is 1. The summed E-state index contributed by atoms with van der Waals surface area (Å²) >= 11 is 0. The van der Waals surface area contributed by atoms with Crippen molar-refractivity contribution in [3.05, 3.63) is 106 Å². The maximum absolute atomic E-state index is 14.5. The molecule has 5 heteroatoms. The molecule has 0 saturated carbocycles. The van der Waals surface area contributed by atoms with Gasteiger partial charge >= 0.3 is 0 Å². The van der Waals surface area contributed by atoms with Crippen molar-refractivity contribution in [1.82, 2.24) is 10.2 Å². The first-order valence-corrected chi connectivity index (χ1v) is 11.3. The Hall–Kier alpha value is -3.47. The monoisotopic (exact) mass is 446 g/mol. The van der Waals surface area contributed by atoms with Crippen LogP contribution in [-0.2, 0) is 29.0 Å². The molecule has 0 aliphatic carbocycles. The van der Waals surface area contributed by atoms with Gasteiger partial charge in [0.1, 0.15) is 11.9 Å². The number of carbonyl (C=O) groups excluding carboxylic acids is 2. The third-order valence-electron chi connectivity index (χ3n) is 5.85. The van der Waals surface area contributed by atoms with E-state index in [4.69, 9.17) is 0 Å². The van der Waals surface area contributed by atoms with Crippen molar-refractivity contribution in [3.8, 4) is 0 Å². The molecule has 0 radical (unpaired) electrons. The normalized spacial score (nSPS) is 11.6. The smallest absolute Gasteiger partial charge is 0.243 e. The Labute approximate surface area is 195 Å². The number of hydrogen-bond acceptors (Lipinski definition) is 2. The van der Waals surface area contributed by atoms with E-state index in [2.05, 4.69) is 5.32 Å². The molecule has 3 aromatic rings. The molecule has 0 heterocycles. The molecular weight excluding hydrogens is 415 g/mol. The molecule has 0 spiro atoms. The van der Waals surface area contributed by atoms with Gasteiger partial charge in [0.05, 0.1) is 6.42 Å². The topological polar surface area (TPSA) is 49.4 Å². The van der Waals surface area contributed by atoms with E-state index in [1.807, 2.05) is 69.3 Å². The van der Waals surface area contributed by atoms with Gasteiger partial charge in [-0.25, -0.2) is 4.39 Å². The SMILES string of the molecule is CCNC(=O)[C@H](Cc1ccccc1)N(Cc1ccccc1F)C(=O)Cc1ccc(C)c(C)c1. The van der Waals surface area contributed by atoms with Gasteiger partial charge in [0.2, 0.25) is 11.8 Å². The fourth-order valence-corrected chi connectivity index (χ4v) is 3.85. The third-order valence-corrected chi connectivity index (χ3v) is 5.85. The lowest BCUT2D eigenvalue weighted by Gasteiger charge is -2.31. The van der Waals surface area contributed by atoms with Crippen molar-refractivity contribution in [1.29, 1.82) is 0 Å². The lowest BCUT2D eigenvalue weighted by molar-refractivity contribution is -0.140. The van der Waals surface area contributed by atoms with Gasteiger partial charge in [-0.3, -0.25) is 9.59 Å². The van der Waals surface area contributed by atoms with Crippen LogP contribution in [0.2, 0.25) is 0 Å². The van der Waals surface area contributed by atoms with Crippen molar-refractivity contribution < 1.29 is 14.0 Å². The number of benzene rings is 3. The Morgan fingerprint density at radius 3 is 2.27 bits per heavy atom. The van der Waals surface area contributed by atoms with Gasteiger partial charge in [-0.15, -0.1) is 0 Å². The molecule has 0 bridgehead atoms. The molecule has 0 fully saturated rings. The van der Waals surface area contributed by atoms with Gasteiger partial charge in [0, 0.05) is 25.1 Å². The number of nitrogens with zero attached hydrogens (tertiary/aromatic N) is 1. The fourth-order valence-electron chi connectivity index (χ4n) is 3.85. The van der Waals surface area contributed by atoms with E-state index in [1.165, 1.54) is 11.0 Å². The molecule has 0 saturated heterocycles. The maximum Gasteiger partial charge on any atom is 0.243 e. The van der Waals surface area contributed by atoms with Crippen molar-refractivity contribution in [2.75, 3.05) is 6.54 Å². The Morgan fingerprint density at radius 1 is 0.909 bits per heavy atom. The van der Waals surface area contributed by atoms with Gasteiger partial charge in [0.15, 0.2) is 0 Å². The number of amides is 2. The second-order valence-electron chi connectivity index (χ2n) is 8.31. The van der Waals surface area contributed by atoms with Gasteiger partial charge in [-0.2, -0.15) is 0 Å². The van der Waals surface area contributed by atoms with Crippen LogP contribution in [0.1, 0.15) is 34.7 Å². The molecule has 3 rings (SSSR count). The van der Waals surface area contributed by atoms with Crippen LogP contribution in [0.3, 0.4) is 0 Å². The highest BCUT2D eigenvalue weighted by Gasteiger charge is 2.30. The van der Waals surface area contributed by atoms with Crippen LogP contribution in [0.25, 0.3) is 0 Å². The molecule has 1 atom stereocenters. The van der Waals surface area contributed by atoms with E-state index in [-0.39, 0.29) is 24.8 Å². The first-order chi connectivity index (χ1) is 15.9. The van der Waals surface area contributed by atoms with Gasteiger partial charge in [0.25, 0.3) is 0 Å². The number of nitrogens with one attached hydrogen (secondary N) is 1. The molecule has 0 aliphatic heterocycles. The molecule has 4 nitrogen and oxygen atoms in total. The highest BCUT2D eigenvalue weighted by molar-refractivity contribution is 5.88. The zero-order chi connectivity index (χ0) is 23.8. The zero-order valence-electron chi connectivity index (χ0n) is 19.5. The predicted octanol–water partition coefficient (Wildman–Crippen LogP) is 4.76. The van der Waals surface area contributed by atoms with Gasteiger partial charge in [-0.1, -0.05) is 66.7 Å². The number of carbonyl (C=O) groups is 2. The Morgan fingerprint density at radius 2 is 1.61 bits per heavy atom. The quantitative estimate of drug-likeness (QED) is 0.515. The summed E-state index contributed by atoms with van der Waals surface area (Å²) in [5.41, 5.74) is 4.44. The van der Waals surface area contributed by atoms with Gasteiger partial charge < -0.3 is 10.2 Å². The van der Waals surface area contributed by atoms with Crippen molar-refractivity contribution in [2.45, 2.75) is 46.2 Å². The number of halogens is 1. The molecular formula is C28H31FN2O2. The summed E-state index contributed by atoms with van der Waals surface area (Å²) in [4.78, 5) is 28.2. The highest BCUT2D eigenvalue weighted by Crippen LogP contribution is 2.19. The summed E-state index contributed by atoms with van der Waals surface area (Å²) in [5, 5.41) is 2.86. The first-order valence-electron chi connectivity index (χ1n) is 11.3. The summed E-state index contributed by atoms with van der Waals surface area (Å²) in [6, 6.07) is 21.1. The zero-order valence-corrected chi connectivity index (χ0v) is 19.5. The molecule has 172 valence electrons. The summed E-state index contributed by atoms with van der Waals surface area (Å²) in [7, 11) is 0. The van der Waals surface area contributed by atoms with Crippen molar-refractivity contribution in [2.24, 2.45) is 0 Å². The van der Waals surface area contributed by atoms with Crippen molar-refractivity contribution in [3.63, 3.8) is 0 Å². The van der Waals surface area contributed by atoms with Crippen LogP contribution in [0.15, 0.2) is 72.8 Å². The minimum atomic E-state index is -0.758. The lowest BCUT2D eigenvalue weighted by atomic mass is 10.00. The number of hydrogen-bond donors (Lipinski definition) is 1. The highest BCUT2D eigenvalue weighted by atomic mass is 19.1. The van der Waals surface area contributed by atoms with Crippen LogP contribution in [-0.4, -0.2) is 29.3 Å². The van der Waals surface area contributed by atoms with Crippen LogP contribution in [0.4, 0.5) is 4.39 Å². The lowest BCUT2D eigenvalue weighted by Crippen LogP contribution is -2.51. The van der Waals surface area contributed by atoms with Gasteiger partial charge in [-0.05, 0) is 49.1 Å². The molecule has 1 N–H and O–H groups in total. The summed E-state index contributed by atoms with van der Waals surface area (Å²) in [6.45, 7) is 6.34. The molecule has 0 unspecified atom stereocenters. The minimum absolute atomic E-state index is 0.0188. The molecule has 0 aliphatic rings. The van der Waals surface area contributed by atoms with E-state index in [1.54, 1.807) is 18.2 Å². The molecule has 33 heavy (non-hydrogen) atoms. The van der Waals surface area contributed by atoms with Crippen LogP contribution >= 0.6 is 0 Å². The van der Waals surface area contributed by atoms with Crippen LogP contribution < -0.4 is 5.32 Å².